The summed E-state index contributed by atoms with van der Waals surface area (Å²) in [5.41, 5.74) is 3.39. The average Bonchev–Trinajstić information content (AvgIpc) is 2.80. The molecule has 0 aromatic heterocycles. The van der Waals surface area contributed by atoms with E-state index in [-0.39, 0.29) is 12.1 Å². The minimum absolute atomic E-state index is 0.0888. The van der Waals surface area contributed by atoms with Crippen molar-refractivity contribution in [2.75, 3.05) is 14.1 Å². The predicted octanol–water partition coefficient (Wildman–Crippen LogP) is 4.21. The molecule has 3 heteroatoms. The molecule has 136 valence electrons. The molecule has 4 rings (SSSR count). The van der Waals surface area contributed by atoms with Gasteiger partial charge in [-0.25, -0.2) is 0 Å². The van der Waals surface area contributed by atoms with Crippen molar-refractivity contribution in [1.29, 1.82) is 0 Å². The molecule has 2 aliphatic rings. The highest BCUT2D eigenvalue weighted by Gasteiger charge is 2.49. The maximum Gasteiger partial charge on any atom is 0.310 e. The highest BCUT2D eigenvalue weighted by Crippen LogP contribution is 2.40. The smallest absolute Gasteiger partial charge is 0.310 e. The first-order chi connectivity index (χ1) is 12.5. The van der Waals surface area contributed by atoms with Crippen LogP contribution in [0.15, 0.2) is 54.6 Å². The van der Waals surface area contributed by atoms with Crippen LogP contribution >= 0.6 is 0 Å². The van der Waals surface area contributed by atoms with Crippen LogP contribution in [0, 0.1) is 0 Å². The number of hydrogen-bond donors (Lipinski definition) is 0. The highest BCUT2D eigenvalue weighted by molar-refractivity contribution is 5.73. The van der Waals surface area contributed by atoms with Crippen molar-refractivity contribution in [2.45, 2.75) is 50.3 Å². The van der Waals surface area contributed by atoms with Gasteiger partial charge < -0.3 is 9.22 Å². The van der Waals surface area contributed by atoms with E-state index in [9.17, 15) is 4.79 Å². The van der Waals surface area contributed by atoms with E-state index in [2.05, 4.69) is 38.4 Å². The first kappa shape index (κ1) is 17.3. The SMILES string of the molecule is C[N+]1(C)C2CCC1CC(OC(=O)Cc1ccc(-c3ccccc3)cc1)C2. The van der Waals surface area contributed by atoms with Gasteiger partial charge in [-0.05, 0) is 16.7 Å². The van der Waals surface area contributed by atoms with Crippen LogP contribution in [0.3, 0.4) is 0 Å². The van der Waals surface area contributed by atoms with Crippen LogP contribution in [0.25, 0.3) is 11.1 Å². The number of quaternary nitrogens is 1. The second-order valence-corrected chi connectivity index (χ2v) is 8.34. The van der Waals surface area contributed by atoms with Gasteiger partial charge in [0.25, 0.3) is 0 Å². The van der Waals surface area contributed by atoms with Crippen molar-refractivity contribution < 1.29 is 14.0 Å². The summed E-state index contributed by atoms with van der Waals surface area (Å²) in [7, 11) is 4.66. The number of carbonyl (C=O) groups excluding carboxylic acids is 1. The summed E-state index contributed by atoms with van der Waals surface area (Å²) in [6.07, 6.45) is 5.04. The molecule has 0 spiro atoms. The molecule has 3 nitrogen and oxygen atoms in total. The van der Waals surface area contributed by atoms with Gasteiger partial charge in [0.1, 0.15) is 6.10 Å². The quantitative estimate of drug-likeness (QED) is 0.610. The molecule has 2 unspecified atom stereocenters. The van der Waals surface area contributed by atoms with Crippen LogP contribution in [-0.2, 0) is 16.0 Å². The van der Waals surface area contributed by atoms with Gasteiger partial charge in [-0.2, -0.15) is 0 Å². The summed E-state index contributed by atoms with van der Waals surface area (Å²) >= 11 is 0. The molecule has 0 radical (unpaired) electrons. The van der Waals surface area contributed by atoms with E-state index < -0.39 is 0 Å². The Hall–Kier alpha value is -2.13. The zero-order valence-electron chi connectivity index (χ0n) is 15.7. The number of benzene rings is 2. The molecule has 2 aliphatic heterocycles. The summed E-state index contributed by atoms with van der Waals surface area (Å²) in [6.45, 7) is 0. The largest absolute Gasteiger partial charge is 0.462 e. The molecular formula is C23H28NO2+. The van der Waals surface area contributed by atoms with Gasteiger partial charge in [0.2, 0.25) is 0 Å². The van der Waals surface area contributed by atoms with Gasteiger partial charge >= 0.3 is 5.97 Å². The molecular weight excluding hydrogens is 322 g/mol. The van der Waals surface area contributed by atoms with E-state index in [1.807, 2.05) is 30.3 Å². The Morgan fingerprint density at radius 1 is 0.923 bits per heavy atom. The molecule has 0 saturated carbocycles. The van der Waals surface area contributed by atoms with Crippen LogP contribution in [0.1, 0.15) is 31.2 Å². The van der Waals surface area contributed by atoms with E-state index >= 15 is 0 Å². The summed E-state index contributed by atoms with van der Waals surface area (Å²) < 4.78 is 6.94. The molecule has 26 heavy (non-hydrogen) atoms. The maximum atomic E-state index is 12.4. The van der Waals surface area contributed by atoms with Crippen LogP contribution in [-0.4, -0.2) is 42.7 Å². The first-order valence-electron chi connectivity index (χ1n) is 9.69. The summed E-state index contributed by atoms with van der Waals surface area (Å²) in [4.78, 5) is 12.4. The van der Waals surface area contributed by atoms with E-state index in [1.165, 1.54) is 24.0 Å². The van der Waals surface area contributed by atoms with Crippen LogP contribution in [0.4, 0.5) is 0 Å². The Bertz CT molecular complexity index is 751. The molecule has 2 saturated heterocycles. The second-order valence-electron chi connectivity index (χ2n) is 8.34. The Morgan fingerprint density at radius 3 is 2.12 bits per heavy atom. The fourth-order valence-electron chi connectivity index (χ4n) is 4.77. The van der Waals surface area contributed by atoms with Gasteiger partial charge in [-0.15, -0.1) is 0 Å². The third-order valence-electron chi connectivity index (χ3n) is 6.49. The lowest BCUT2D eigenvalue weighted by atomic mass is 9.97. The molecule has 2 aromatic rings. The molecule has 2 bridgehead atoms. The summed E-state index contributed by atoms with van der Waals surface area (Å²) in [5.74, 6) is -0.0888. The Balaban J connectivity index is 1.34. The zero-order valence-corrected chi connectivity index (χ0v) is 15.7. The molecule has 0 aliphatic carbocycles. The lowest BCUT2D eigenvalue weighted by Gasteiger charge is -2.43. The molecule has 2 heterocycles. The molecule has 0 amide bonds. The second kappa shape index (κ2) is 6.88. The molecule has 2 aromatic carbocycles. The number of hydrogen-bond acceptors (Lipinski definition) is 2. The van der Waals surface area contributed by atoms with Gasteiger partial charge in [0, 0.05) is 25.7 Å². The zero-order chi connectivity index (χ0) is 18.1. The van der Waals surface area contributed by atoms with Crippen LogP contribution < -0.4 is 0 Å². The van der Waals surface area contributed by atoms with Crippen molar-refractivity contribution in [3.05, 3.63) is 60.2 Å². The number of nitrogens with zero attached hydrogens (tertiary/aromatic N) is 1. The van der Waals surface area contributed by atoms with E-state index in [1.54, 1.807) is 0 Å². The van der Waals surface area contributed by atoms with Crippen LogP contribution in [0.2, 0.25) is 0 Å². The number of ether oxygens (including phenoxy) is 1. The lowest BCUT2D eigenvalue weighted by Crippen LogP contribution is -2.56. The Morgan fingerprint density at radius 2 is 1.50 bits per heavy atom. The minimum Gasteiger partial charge on any atom is -0.462 e. The van der Waals surface area contributed by atoms with Crippen molar-refractivity contribution in [3.63, 3.8) is 0 Å². The Labute approximate surface area is 156 Å². The van der Waals surface area contributed by atoms with E-state index in [0.29, 0.717) is 18.5 Å². The maximum absolute atomic E-state index is 12.4. The Kier molecular flexibility index (Phi) is 4.58. The average molecular weight is 350 g/mol. The van der Waals surface area contributed by atoms with Gasteiger partial charge in [0.15, 0.2) is 0 Å². The standard InChI is InChI=1S/C23H28NO2/c1-24(2)20-12-13-21(24)16-22(15-20)26-23(25)14-17-8-10-19(11-9-17)18-6-4-3-5-7-18/h3-11,20-22H,12-16H2,1-2H3/q+1. The summed E-state index contributed by atoms with van der Waals surface area (Å²) in [5, 5.41) is 0. The number of fused-ring (bicyclic) bond motifs is 2. The molecule has 2 fully saturated rings. The highest BCUT2D eigenvalue weighted by atomic mass is 16.5. The predicted molar refractivity (Wildman–Crippen MR) is 104 cm³/mol. The van der Waals surface area contributed by atoms with E-state index in [4.69, 9.17) is 4.74 Å². The first-order valence-corrected chi connectivity index (χ1v) is 9.69. The van der Waals surface area contributed by atoms with Crippen molar-refractivity contribution in [2.24, 2.45) is 0 Å². The minimum atomic E-state index is -0.0888. The van der Waals surface area contributed by atoms with Crippen molar-refractivity contribution >= 4 is 5.97 Å². The molecule has 2 atom stereocenters. The third-order valence-corrected chi connectivity index (χ3v) is 6.49. The number of carbonyl (C=O) groups is 1. The fraction of sp³-hybridized carbons (Fsp3) is 0.435. The van der Waals surface area contributed by atoms with Gasteiger partial charge in [-0.3, -0.25) is 4.79 Å². The molecule has 0 N–H and O–H groups in total. The van der Waals surface area contributed by atoms with Gasteiger partial charge in [-0.1, -0.05) is 54.6 Å². The van der Waals surface area contributed by atoms with Gasteiger partial charge in [0.05, 0.1) is 32.6 Å². The topological polar surface area (TPSA) is 26.3 Å². The summed E-state index contributed by atoms with van der Waals surface area (Å²) in [6, 6.07) is 19.8. The monoisotopic (exact) mass is 350 g/mol. The lowest BCUT2D eigenvalue weighted by molar-refractivity contribution is -0.931. The van der Waals surface area contributed by atoms with Crippen molar-refractivity contribution in [3.8, 4) is 11.1 Å². The third kappa shape index (κ3) is 3.41. The number of piperidine rings is 1. The normalized spacial score (nSPS) is 26.5. The number of rotatable bonds is 4. The fourth-order valence-corrected chi connectivity index (χ4v) is 4.77. The number of esters is 1. The van der Waals surface area contributed by atoms with Crippen molar-refractivity contribution in [1.82, 2.24) is 0 Å². The van der Waals surface area contributed by atoms with E-state index in [0.717, 1.165) is 22.9 Å². The van der Waals surface area contributed by atoms with Crippen LogP contribution in [0.5, 0.6) is 0 Å².